The van der Waals surface area contributed by atoms with Crippen molar-refractivity contribution in [2.24, 2.45) is 0 Å². The molecule has 4 aromatic heterocycles. The SMILES string of the molecule is C=c1/c(=C\C=C(/C)c2ccc3c(c2)c2ccccc2n3-c2cc(-c3ccccc3)cc(-c3ccncc3)c2)n(-c2ccc3oc4ccccc4c3c2)c2ccccc12. The van der Waals surface area contributed by atoms with Crippen LogP contribution in [0.25, 0.3) is 107 Å². The van der Waals surface area contributed by atoms with Crippen LogP contribution in [0, 0.1) is 0 Å². The summed E-state index contributed by atoms with van der Waals surface area (Å²) in [6, 6.07) is 60.5. The number of hydrogen-bond donors (Lipinski definition) is 0. The molecule has 4 heteroatoms. The Morgan fingerprint density at radius 2 is 1.14 bits per heavy atom. The van der Waals surface area contributed by atoms with E-state index in [1.165, 1.54) is 33.0 Å². The fraction of sp³-hybridized carbons (Fsp3) is 0.0185. The first-order valence-electron chi connectivity index (χ1n) is 19.6. The fourth-order valence-electron chi connectivity index (χ4n) is 8.68. The molecule has 0 atom stereocenters. The second kappa shape index (κ2) is 13.5. The second-order valence-corrected chi connectivity index (χ2v) is 15.0. The van der Waals surface area contributed by atoms with Gasteiger partial charge < -0.3 is 13.6 Å². The van der Waals surface area contributed by atoms with Crippen molar-refractivity contribution in [3.63, 3.8) is 0 Å². The summed E-state index contributed by atoms with van der Waals surface area (Å²) in [6.45, 7) is 6.79. The molecule has 0 bridgehead atoms. The average Bonchev–Trinajstić information content (AvgIpc) is 3.92. The Kier molecular flexibility index (Phi) is 7.83. The number of fused-ring (bicyclic) bond motifs is 7. The Morgan fingerprint density at radius 1 is 0.500 bits per heavy atom. The van der Waals surface area contributed by atoms with Gasteiger partial charge in [-0.05, 0) is 125 Å². The summed E-state index contributed by atoms with van der Waals surface area (Å²) in [7, 11) is 0. The number of pyridine rings is 1. The van der Waals surface area contributed by atoms with E-state index in [2.05, 4.69) is 197 Å². The van der Waals surface area contributed by atoms with Crippen LogP contribution in [0.1, 0.15) is 12.5 Å². The van der Waals surface area contributed by atoms with Gasteiger partial charge in [0.2, 0.25) is 0 Å². The van der Waals surface area contributed by atoms with Crippen LogP contribution in [0.3, 0.4) is 0 Å². The maximum absolute atomic E-state index is 6.18. The zero-order valence-electron chi connectivity index (χ0n) is 31.9. The van der Waals surface area contributed by atoms with Crippen LogP contribution in [0.15, 0.2) is 193 Å². The van der Waals surface area contributed by atoms with Crippen molar-refractivity contribution >= 4 is 72.9 Å². The predicted molar refractivity (Wildman–Crippen MR) is 243 cm³/mol. The Hall–Kier alpha value is -7.69. The van der Waals surface area contributed by atoms with E-state index >= 15 is 0 Å². The standard InChI is InChI=1S/C54H37N3O/c1-35(20-23-49-36(2)44-14-6-9-17-50(44)56(49)42-22-25-54-48(34-42)46-16-8-11-19-53(46)58-54)39-21-24-52-47(33-39)45-15-7-10-18-51(45)57(52)43-31-40(37-12-4-3-5-13-37)30-41(32-43)38-26-28-55-29-27-38/h3-34H,2H2,1H3/b35-20+,49-23+. The quantitative estimate of drug-likeness (QED) is 0.170. The summed E-state index contributed by atoms with van der Waals surface area (Å²) in [5, 5.41) is 7.82. The molecule has 0 saturated carbocycles. The highest BCUT2D eigenvalue weighted by atomic mass is 16.3. The lowest BCUT2D eigenvalue weighted by molar-refractivity contribution is 0.669. The Balaban J connectivity index is 1.06. The molecular weight excluding hydrogens is 707 g/mol. The highest BCUT2D eigenvalue weighted by Crippen LogP contribution is 2.37. The topological polar surface area (TPSA) is 35.9 Å². The molecule has 0 fully saturated rings. The number of furan rings is 1. The van der Waals surface area contributed by atoms with E-state index in [4.69, 9.17) is 4.42 Å². The predicted octanol–water partition coefficient (Wildman–Crippen LogP) is 12.7. The number of nitrogens with zero attached hydrogens (tertiary/aromatic N) is 3. The highest BCUT2D eigenvalue weighted by Gasteiger charge is 2.16. The smallest absolute Gasteiger partial charge is 0.135 e. The first-order chi connectivity index (χ1) is 28.6. The number of para-hydroxylation sites is 3. The van der Waals surface area contributed by atoms with Gasteiger partial charge in [0.25, 0.3) is 0 Å². The number of rotatable bonds is 6. The molecule has 0 spiro atoms. The molecule has 0 radical (unpaired) electrons. The first kappa shape index (κ1) is 33.6. The van der Waals surface area contributed by atoms with Crippen LogP contribution < -0.4 is 10.6 Å². The lowest BCUT2D eigenvalue weighted by Crippen LogP contribution is -2.27. The molecule has 4 heterocycles. The zero-order valence-corrected chi connectivity index (χ0v) is 31.9. The second-order valence-electron chi connectivity index (χ2n) is 15.0. The van der Waals surface area contributed by atoms with Gasteiger partial charge >= 0.3 is 0 Å². The number of allylic oxidation sites excluding steroid dienone is 2. The number of benzene rings is 7. The lowest BCUT2D eigenvalue weighted by Gasteiger charge is -2.14. The Bertz CT molecular complexity index is 3470. The molecular formula is C54H37N3O. The summed E-state index contributed by atoms with van der Waals surface area (Å²) in [5.41, 5.74) is 14.4. The monoisotopic (exact) mass is 743 g/mol. The van der Waals surface area contributed by atoms with Crippen molar-refractivity contribution in [1.82, 2.24) is 14.1 Å². The minimum absolute atomic E-state index is 0.882. The van der Waals surface area contributed by atoms with Gasteiger partial charge in [-0.3, -0.25) is 4.98 Å². The largest absolute Gasteiger partial charge is 0.456 e. The molecule has 0 amide bonds. The van der Waals surface area contributed by atoms with Gasteiger partial charge in [-0.15, -0.1) is 0 Å². The third-order valence-corrected chi connectivity index (χ3v) is 11.6. The molecule has 0 N–H and O–H groups in total. The Labute approximate surface area is 335 Å². The van der Waals surface area contributed by atoms with E-state index in [9.17, 15) is 0 Å². The number of aromatic nitrogens is 3. The van der Waals surface area contributed by atoms with E-state index in [-0.39, 0.29) is 0 Å². The normalized spacial score (nSPS) is 12.5. The van der Waals surface area contributed by atoms with Crippen LogP contribution in [0.2, 0.25) is 0 Å². The zero-order chi connectivity index (χ0) is 38.7. The van der Waals surface area contributed by atoms with Crippen molar-refractivity contribution < 1.29 is 4.42 Å². The third kappa shape index (κ3) is 5.49. The van der Waals surface area contributed by atoms with Crippen LogP contribution >= 0.6 is 0 Å². The highest BCUT2D eigenvalue weighted by molar-refractivity contribution is 6.10. The summed E-state index contributed by atoms with van der Waals surface area (Å²) in [5.74, 6) is 0. The fourth-order valence-corrected chi connectivity index (χ4v) is 8.68. The van der Waals surface area contributed by atoms with Gasteiger partial charge in [0.1, 0.15) is 11.2 Å². The Morgan fingerprint density at radius 3 is 1.93 bits per heavy atom. The summed E-state index contributed by atoms with van der Waals surface area (Å²) >= 11 is 0. The minimum Gasteiger partial charge on any atom is -0.456 e. The van der Waals surface area contributed by atoms with Crippen molar-refractivity contribution in [2.75, 3.05) is 0 Å². The third-order valence-electron chi connectivity index (χ3n) is 11.6. The van der Waals surface area contributed by atoms with Crippen LogP contribution in [-0.4, -0.2) is 14.1 Å². The number of hydrogen-bond acceptors (Lipinski definition) is 2. The summed E-state index contributed by atoms with van der Waals surface area (Å²) in [6.07, 6.45) is 8.17. The lowest BCUT2D eigenvalue weighted by atomic mass is 9.98. The van der Waals surface area contributed by atoms with Crippen LogP contribution in [0.4, 0.5) is 0 Å². The molecule has 0 aliphatic heterocycles. The van der Waals surface area contributed by atoms with Gasteiger partial charge in [-0.1, -0.05) is 104 Å². The molecule has 0 unspecified atom stereocenters. The first-order valence-corrected chi connectivity index (χ1v) is 19.6. The summed E-state index contributed by atoms with van der Waals surface area (Å²) < 4.78 is 10.9. The van der Waals surface area contributed by atoms with Crippen LogP contribution in [0.5, 0.6) is 0 Å². The molecule has 0 aliphatic rings. The van der Waals surface area contributed by atoms with Gasteiger partial charge in [0, 0.05) is 55.9 Å². The van der Waals surface area contributed by atoms with Gasteiger partial charge in [0.05, 0.1) is 21.9 Å². The van der Waals surface area contributed by atoms with Gasteiger partial charge in [-0.2, -0.15) is 0 Å². The van der Waals surface area contributed by atoms with Crippen molar-refractivity contribution in [1.29, 1.82) is 0 Å². The molecule has 11 rings (SSSR count). The minimum atomic E-state index is 0.882. The van der Waals surface area contributed by atoms with Crippen molar-refractivity contribution in [3.8, 4) is 33.6 Å². The molecule has 274 valence electrons. The van der Waals surface area contributed by atoms with Crippen molar-refractivity contribution in [2.45, 2.75) is 6.92 Å². The molecule has 58 heavy (non-hydrogen) atoms. The maximum atomic E-state index is 6.18. The van der Waals surface area contributed by atoms with E-state index < -0.39 is 0 Å². The molecule has 0 saturated heterocycles. The molecule has 7 aromatic carbocycles. The van der Waals surface area contributed by atoms with Crippen LogP contribution in [-0.2, 0) is 0 Å². The van der Waals surface area contributed by atoms with E-state index in [0.29, 0.717) is 0 Å². The van der Waals surface area contributed by atoms with E-state index in [0.717, 1.165) is 77.0 Å². The van der Waals surface area contributed by atoms with Gasteiger partial charge in [-0.25, -0.2) is 0 Å². The van der Waals surface area contributed by atoms with E-state index in [1.807, 2.05) is 24.5 Å². The van der Waals surface area contributed by atoms with Gasteiger partial charge in [0.15, 0.2) is 0 Å². The summed E-state index contributed by atoms with van der Waals surface area (Å²) in [4.78, 5) is 4.29. The van der Waals surface area contributed by atoms with Crippen molar-refractivity contribution in [3.05, 3.63) is 204 Å². The molecule has 0 aliphatic carbocycles. The average molecular weight is 744 g/mol. The maximum Gasteiger partial charge on any atom is 0.135 e. The molecule has 11 aromatic rings. The molecule has 4 nitrogen and oxygen atoms in total. The van der Waals surface area contributed by atoms with E-state index in [1.54, 1.807) is 0 Å².